The van der Waals surface area contributed by atoms with E-state index in [1.165, 1.54) is 18.4 Å². The van der Waals surface area contributed by atoms with Gasteiger partial charge in [0, 0.05) is 22.1 Å². The molecule has 0 saturated heterocycles. The maximum atomic E-state index is 12.9. The fraction of sp³-hybridized carbons (Fsp3) is 0.524. The van der Waals surface area contributed by atoms with Gasteiger partial charge in [0.2, 0.25) is 0 Å². The number of rotatable bonds is 5. The summed E-state index contributed by atoms with van der Waals surface area (Å²) in [6.45, 7) is 12.6. The van der Waals surface area contributed by atoms with Crippen LogP contribution in [0.1, 0.15) is 62.0 Å². The van der Waals surface area contributed by atoms with E-state index in [0.717, 1.165) is 10.6 Å². The first-order valence-electron chi connectivity index (χ1n) is 9.19. The number of methoxy groups -OCH3 is 1. The Kier molecular flexibility index (Phi) is 6.79. The summed E-state index contributed by atoms with van der Waals surface area (Å²) in [5, 5.41) is 10.6. The highest BCUT2D eigenvalue weighted by Crippen LogP contribution is 2.29. The minimum absolute atomic E-state index is 0.0736. The summed E-state index contributed by atoms with van der Waals surface area (Å²) in [6, 6.07) is 4.90. The zero-order valence-corrected chi connectivity index (χ0v) is 19.2. The number of thiazole rings is 1. The normalized spacial score (nSPS) is 13.1. The number of benzene rings is 1. The van der Waals surface area contributed by atoms with Crippen molar-refractivity contribution in [1.82, 2.24) is 4.57 Å². The van der Waals surface area contributed by atoms with Crippen molar-refractivity contribution in [3.05, 3.63) is 44.2 Å². The number of halogens is 1. The molecule has 28 heavy (non-hydrogen) atoms. The van der Waals surface area contributed by atoms with E-state index in [2.05, 4.69) is 25.8 Å². The van der Waals surface area contributed by atoms with Crippen molar-refractivity contribution in [3.8, 4) is 5.75 Å². The first kappa shape index (κ1) is 22.7. The molecule has 1 N–H and O–H groups in total. The summed E-state index contributed by atoms with van der Waals surface area (Å²) in [5.41, 5.74) is 0.509. The van der Waals surface area contributed by atoms with E-state index >= 15 is 0 Å². The van der Waals surface area contributed by atoms with Crippen LogP contribution >= 0.6 is 22.9 Å². The summed E-state index contributed by atoms with van der Waals surface area (Å²) in [7, 11) is 1.51. The number of hydrogen-bond donors (Lipinski definition) is 1. The molecule has 2 rings (SSSR count). The molecule has 1 amide bonds. The largest absolute Gasteiger partial charge is 0.496 e. The summed E-state index contributed by atoms with van der Waals surface area (Å²) in [6.07, 6.45) is 0.552. The highest BCUT2D eigenvalue weighted by atomic mass is 35.5. The third-order valence-corrected chi connectivity index (χ3v) is 6.22. The van der Waals surface area contributed by atoms with Gasteiger partial charge < -0.3 is 14.4 Å². The van der Waals surface area contributed by atoms with Gasteiger partial charge in [-0.25, -0.2) is 0 Å². The lowest BCUT2D eigenvalue weighted by Crippen LogP contribution is -2.26. The van der Waals surface area contributed by atoms with Crippen LogP contribution in [-0.4, -0.2) is 28.3 Å². The molecule has 0 radical (unpaired) electrons. The molecule has 154 valence electrons. The molecule has 0 unspecified atom stereocenters. The maximum Gasteiger partial charge on any atom is 0.283 e. The molecule has 0 bridgehead atoms. The van der Waals surface area contributed by atoms with E-state index in [1.807, 2.05) is 11.5 Å². The fourth-order valence-corrected chi connectivity index (χ4v) is 4.29. The monoisotopic (exact) mass is 424 g/mol. The smallest absolute Gasteiger partial charge is 0.283 e. The third-order valence-electron chi connectivity index (χ3n) is 4.38. The molecule has 0 aliphatic carbocycles. The summed E-state index contributed by atoms with van der Waals surface area (Å²) >= 11 is 7.57. The maximum absolute atomic E-state index is 12.9. The second-order valence-corrected chi connectivity index (χ2v) is 9.94. The number of hydrogen-bond acceptors (Lipinski definition) is 4. The van der Waals surface area contributed by atoms with Crippen molar-refractivity contribution < 1.29 is 14.6 Å². The lowest BCUT2D eigenvalue weighted by atomic mass is 9.93. The number of aliphatic hydroxyl groups is 1. The number of carbonyl (C=O) groups excluding carboxylic acids is 1. The van der Waals surface area contributed by atoms with Crippen LogP contribution in [0.15, 0.2) is 23.2 Å². The lowest BCUT2D eigenvalue weighted by molar-refractivity contribution is 0.0658. The lowest BCUT2D eigenvalue weighted by Gasteiger charge is -2.20. The second kappa shape index (κ2) is 8.39. The topological polar surface area (TPSA) is 63.8 Å². The molecule has 0 aliphatic rings. The average Bonchev–Trinajstić information content (AvgIpc) is 2.88. The fourth-order valence-electron chi connectivity index (χ4n) is 2.91. The molecule has 0 fully saturated rings. The number of amides is 1. The molecule has 5 nitrogen and oxygen atoms in total. The Balaban J connectivity index is 2.59. The van der Waals surface area contributed by atoms with Crippen LogP contribution in [0.4, 0.5) is 0 Å². The highest BCUT2D eigenvalue weighted by Gasteiger charge is 2.24. The van der Waals surface area contributed by atoms with E-state index in [-0.39, 0.29) is 5.41 Å². The number of carbonyl (C=O) groups is 1. The zero-order valence-electron chi connectivity index (χ0n) is 17.6. The van der Waals surface area contributed by atoms with Gasteiger partial charge in [-0.1, -0.05) is 32.4 Å². The van der Waals surface area contributed by atoms with Crippen molar-refractivity contribution >= 4 is 28.8 Å². The predicted octanol–water partition coefficient (Wildman–Crippen LogP) is 4.72. The molecule has 2 aromatic rings. The quantitative estimate of drug-likeness (QED) is 0.755. The zero-order chi connectivity index (χ0) is 21.3. The summed E-state index contributed by atoms with van der Waals surface area (Å²) in [4.78, 5) is 19.1. The Bertz CT molecular complexity index is 931. The third kappa shape index (κ3) is 5.46. The van der Waals surface area contributed by atoms with Gasteiger partial charge in [0.15, 0.2) is 4.80 Å². The van der Waals surface area contributed by atoms with E-state index in [9.17, 15) is 9.90 Å². The molecule has 0 atom stereocenters. The molecule has 1 aromatic heterocycles. The van der Waals surface area contributed by atoms with Gasteiger partial charge in [0.25, 0.3) is 5.91 Å². The molecule has 1 heterocycles. The first-order valence-corrected chi connectivity index (χ1v) is 10.4. The predicted molar refractivity (Wildman–Crippen MR) is 115 cm³/mol. The van der Waals surface area contributed by atoms with Crippen LogP contribution in [0.5, 0.6) is 5.75 Å². The van der Waals surface area contributed by atoms with Crippen LogP contribution in [0.3, 0.4) is 0 Å². The SMILES string of the molecule is COc1ccc(Cl)cc1C(=O)/N=c1\sc(C(C)(C)C)c(C)n1CCC(C)(C)O. The van der Waals surface area contributed by atoms with Gasteiger partial charge in [0.05, 0.1) is 18.3 Å². The molecule has 0 saturated carbocycles. The molecular weight excluding hydrogens is 396 g/mol. The minimum atomic E-state index is -0.805. The van der Waals surface area contributed by atoms with Crippen LogP contribution in [0.2, 0.25) is 5.02 Å². The van der Waals surface area contributed by atoms with Gasteiger partial charge >= 0.3 is 0 Å². The van der Waals surface area contributed by atoms with Crippen LogP contribution in [0.25, 0.3) is 0 Å². The van der Waals surface area contributed by atoms with Gasteiger partial charge in [-0.2, -0.15) is 4.99 Å². The summed E-state index contributed by atoms with van der Waals surface area (Å²) < 4.78 is 7.30. The van der Waals surface area contributed by atoms with Gasteiger partial charge in [-0.05, 0) is 50.8 Å². The summed E-state index contributed by atoms with van der Waals surface area (Å²) in [5.74, 6) is 0.0311. The van der Waals surface area contributed by atoms with E-state index in [0.29, 0.717) is 34.1 Å². The van der Waals surface area contributed by atoms with Crippen molar-refractivity contribution in [2.24, 2.45) is 4.99 Å². The van der Waals surface area contributed by atoms with Crippen molar-refractivity contribution in [3.63, 3.8) is 0 Å². The molecule has 0 spiro atoms. The number of aromatic nitrogens is 1. The highest BCUT2D eigenvalue weighted by molar-refractivity contribution is 7.09. The number of ether oxygens (including phenoxy) is 1. The molecule has 7 heteroatoms. The Labute approximate surface area is 175 Å². The molecular formula is C21H29ClN2O3S. The van der Waals surface area contributed by atoms with Gasteiger partial charge in [0.1, 0.15) is 5.75 Å². The Morgan fingerprint density at radius 1 is 1.29 bits per heavy atom. The first-order chi connectivity index (χ1) is 12.8. The van der Waals surface area contributed by atoms with Gasteiger partial charge in [-0.15, -0.1) is 11.3 Å². The number of nitrogens with zero attached hydrogens (tertiary/aromatic N) is 2. The molecule has 1 aromatic carbocycles. The average molecular weight is 425 g/mol. The van der Waals surface area contributed by atoms with E-state index in [4.69, 9.17) is 16.3 Å². The van der Waals surface area contributed by atoms with Crippen molar-refractivity contribution in [1.29, 1.82) is 0 Å². The Hall–Kier alpha value is -1.63. The van der Waals surface area contributed by atoms with E-state index < -0.39 is 11.5 Å². The van der Waals surface area contributed by atoms with E-state index in [1.54, 1.807) is 32.0 Å². The van der Waals surface area contributed by atoms with Crippen LogP contribution in [0, 0.1) is 6.92 Å². The van der Waals surface area contributed by atoms with Crippen LogP contribution in [-0.2, 0) is 12.0 Å². The van der Waals surface area contributed by atoms with Crippen molar-refractivity contribution in [2.75, 3.05) is 7.11 Å². The van der Waals surface area contributed by atoms with Crippen molar-refractivity contribution in [2.45, 2.75) is 65.5 Å². The minimum Gasteiger partial charge on any atom is -0.496 e. The Morgan fingerprint density at radius 3 is 2.46 bits per heavy atom. The van der Waals surface area contributed by atoms with Crippen LogP contribution < -0.4 is 9.54 Å². The second-order valence-electron chi connectivity index (χ2n) is 8.52. The standard InChI is InChI=1S/C21H29ClN2O3S/c1-13-17(20(2,3)4)28-19(24(13)11-10-21(5,6)26)23-18(25)15-12-14(22)8-9-16(15)27-7/h8-9,12,26H,10-11H2,1-7H3/b23-19-. The molecule has 0 aliphatic heterocycles. The van der Waals surface area contributed by atoms with Gasteiger partial charge in [-0.3, -0.25) is 4.79 Å². The Morgan fingerprint density at radius 2 is 1.93 bits per heavy atom.